The van der Waals surface area contributed by atoms with Gasteiger partial charge in [-0.1, -0.05) is 30.3 Å². The number of benzene rings is 1. The van der Waals surface area contributed by atoms with Gasteiger partial charge >= 0.3 is 0 Å². The molecular formula is C26H30N6O. The normalized spacial score (nSPS) is 13.5. The van der Waals surface area contributed by atoms with E-state index >= 15 is 0 Å². The van der Waals surface area contributed by atoms with Crippen molar-refractivity contribution in [1.82, 2.24) is 30.5 Å². The van der Waals surface area contributed by atoms with Gasteiger partial charge in [0.1, 0.15) is 0 Å². The first kappa shape index (κ1) is 21.4. The summed E-state index contributed by atoms with van der Waals surface area (Å²) in [6.45, 7) is 4.07. The summed E-state index contributed by atoms with van der Waals surface area (Å²) in [7, 11) is 0. The van der Waals surface area contributed by atoms with Gasteiger partial charge in [-0.3, -0.25) is 19.9 Å². The van der Waals surface area contributed by atoms with Gasteiger partial charge in [0.15, 0.2) is 0 Å². The van der Waals surface area contributed by atoms with E-state index in [1.54, 1.807) is 18.6 Å². The van der Waals surface area contributed by atoms with Crippen LogP contribution in [0.2, 0.25) is 0 Å². The largest absolute Gasteiger partial charge is 0.362 e. The van der Waals surface area contributed by atoms with Gasteiger partial charge in [0.25, 0.3) is 5.56 Å². The van der Waals surface area contributed by atoms with Crippen LogP contribution < -0.4 is 10.9 Å². The van der Waals surface area contributed by atoms with Crippen LogP contribution in [0.15, 0.2) is 53.7 Å². The Morgan fingerprint density at radius 3 is 2.70 bits per heavy atom. The molecular weight excluding hydrogens is 412 g/mol. The van der Waals surface area contributed by atoms with Gasteiger partial charge in [0.05, 0.1) is 17.0 Å². The Morgan fingerprint density at radius 2 is 1.94 bits per heavy atom. The van der Waals surface area contributed by atoms with Crippen molar-refractivity contribution < 1.29 is 0 Å². The number of nitrogens with one attached hydrogen (secondary N) is 4. The van der Waals surface area contributed by atoms with E-state index in [9.17, 15) is 4.79 Å². The molecule has 3 heterocycles. The predicted octanol–water partition coefficient (Wildman–Crippen LogP) is 3.99. The minimum absolute atomic E-state index is 0.175. The van der Waals surface area contributed by atoms with Gasteiger partial charge < -0.3 is 15.4 Å². The molecule has 0 unspecified atom stereocenters. The van der Waals surface area contributed by atoms with E-state index in [0.717, 1.165) is 31.6 Å². The maximum absolute atomic E-state index is 12.2. The number of rotatable bonds is 10. The molecule has 1 aliphatic rings. The summed E-state index contributed by atoms with van der Waals surface area (Å²) in [5.74, 6) is 0.632. The number of hydrogen-bond acceptors (Lipinski definition) is 4. The predicted molar refractivity (Wildman–Crippen MR) is 129 cm³/mol. The summed E-state index contributed by atoms with van der Waals surface area (Å²) in [6.07, 6.45) is 10.3. The zero-order valence-corrected chi connectivity index (χ0v) is 18.9. The summed E-state index contributed by atoms with van der Waals surface area (Å²) in [5.41, 5.74) is 8.52. The molecule has 3 aromatic heterocycles. The third-order valence-corrected chi connectivity index (χ3v) is 6.40. The molecule has 1 fully saturated rings. The second kappa shape index (κ2) is 9.58. The van der Waals surface area contributed by atoms with E-state index in [4.69, 9.17) is 0 Å². The average molecular weight is 443 g/mol. The Labute approximate surface area is 193 Å². The molecule has 7 heteroatoms. The molecule has 1 saturated carbocycles. The van der Waals surface area contributed by atoms with Crippen LogP contribution in [0.3, 0.4) is 0 Å². The van der Waals surface area contributed by atoms with Gasteiger partial charge in [-0.05, 0) is 61.8 Å². The first-order chi connectivity index (χ1) is 16.2. The molecule has 170 valence electrons. The molecule has 0 aliphatic heterocycles. The summed E-state index contributed by atoms with van der Waals surface area (Å²) >= 11 is 0. The van der Waals surface area contributed by atoms with Gasteiger partial charge in [-0.15, -0.1) is 0 Å². The minimum atomic E-state index is -0.175. The van der Waals surface area contributed by atoms with Gasteiger partial charge in [0, 0.05) is 42.9 Å². The van der Waals surface area contributed by atoms with Crippen LogP contribution in [0.25, 0.3) is 11.3 Å². The molecule has 7 nitrogen and oxygen atoms in total. The van der Waals surface area contributed by atoms with Crippen LogP contribution in [0.5, 0.6) is 0 Å². The number of aromatic nitrogens is 5. The Balaban J connectivity index is 1.31. The fourth-order valence-corrected chi connectivity index (χ4v) is 4.67. The number of aromatic amines is 3. The molecule has 33 heavy (non-hydrogen) atoms. The summed E-state index contributed by atoms with van der Waals surface area (Å²) < 4.78 is 0. The molecule has 0 saturated heterocycles. The highest BCUT2D eigenvalue weighted by atomic mass is 16.1. The van der Waals surface area contributed by atoms with Crippen molar-refractivity contribution in [2.45, 2.75) is 51.5 Å². The monoisotopic (exact) mass is 442 g/mol. The number of H-pyrrole nitrogens is 3. The van der Waals surface area contributed by atoms with E-state index in [2.05, 4.69) is 67.7 Å². The van der Waals surface area contributed by atoms with Gasteiger partial charge in [-0.2, -0.15) is 0 Å². The third-order valence-electron chi connectivity index (χ3n) is 6.40. The summed E-state index contributed by atoms with van der Waals surface area (Å²) in [4.78, 5) is 24.9. The van der Waals surface area contributed by atoms with Crippen LogP contribution in [0.4, 0.5) is 0 Å². The molecule has 1 aromatic carbocycles. The number of nitrogens with zero attached hydrogens (tertiary/aromatic N) is 2. The SMILES string of the molecule is Cc1[nH]c(Cc2nccnc2-c2c[nH][nH]c2=O)c(C2CC2)c1CCCNCc1ccccc1. The quantitative estimate of drug-likeness (QED) is 0.279. The lowest BCUT2D eigenvalue weighted by Gasteiger charge is -2.09. The van der Waals surface area contributed by atoms with Gasteiger partial charge in [0.2, 0.25) is 0 Å². The smallest absolute Gasteiger partial charge is 0.273 e. The van der Waals surface area contributed by atoms with Crippen LogP contribution in [0.1, 0.15) is 59.0 Å². The molecule has 0 spiro atoms. The molecule has 0 atom stereocenters. The lowest BCUT2D eigenvalue weighted by Crippen LogP contribution is -2.15. The van der Waals surface area contributed by atoms with E-state index in [-0.39, 0.29) is 5.56 Å². The third kappa shape index (κ3) is 4.83. The highest BCUT2D eigenvalue weighted by Gasteiger charge is 2.31. The topological polar surface area (TPSA) is 102 Å². The fraction of sp³-hybridized carbons (Fsp3) is 0.346. The lowest BCUT2D eigenvalue weighted by molar-refractivity contribution is 0.647. The first-order valence-electron chi connectivity index (χ1n) is 11.7. The van der Waals surface area contributed by atoms with E-state index in [1.165, 1.54) is 40.9 Å². The Kier molecular flexibility index (Phi) is 6.21. The summed E-state index contributed by atoms with van der Waals surface area (Å²) in [6, 6.07) is 10.5. The van der Waals surface area contributed by atoms with Crippen molar-refractivity contribution >= 4 is 0 Å². The minimum Gasteiger partial charge on any atom is -0.362 e. The van der Waals surface area contributed by atoms with E-state index in [0.29, 0.717) is 23.6 Å². The standard InChI is InChI=1S/C26H30N6O/c1-17-20(8-5-11-27-15-18-6-3-2-4-7-18)24(19-9-10-19)22(31-17)14-23-25(29-13-12-28-23)21-16-30-32-26(21)33/h2-4,6-7,12-13,16,19,27,31H,5,8-11,14-15H2,1H3,(H2,30,32,33). The van der Waals surface area contributed by atoms with Crippen LogP contribution in [0, 0.1) is 6.92 Å². The van der Waals surface area contributed by atoms with Crippen molar-refractivity contribution in [1.29, 1.82) is 0 Å². The average Bonchev–Trinajstić information content (AvgIpc) is 3.50. The van der Waals surface area contributed by atoms with Crippen molar-refractivity contribution in [3.63, 3.8) is 0 Å². The van der Waals surface area contributed by atoms with Crippen molar-refractivity contribution in [3.8, 4) is 11.3 Å². The Hall–Kier alpha value is -3.45. The lowest BCUT2D eigenvalue weighted by atomic mass is 9.97. The fourth-order valence-electron chi connectivity index (χ4n) is 4.67. The molecule has 5 rings (SSSR count). The van der Waals surface area contributed by atoms with Crippen LogP contribution in [-0.4, -0.2) is 31.7 Å². The van der Waals surface area contributed by atoms with Crippen LogP contribution >= 0.6 is 0 Å². The van der Waals surface area contributed by atoms with E-state index in [1.807, 2.05) is 0 Å². The second-order valence-electron chi connectivity index (χ2n) is 8.85. The zero-order chi connectivity index (χ0) is 22.6. The summed E-state index contributed by atoms with van der Waals surface area (Å²) in [5, 5.41) is 8.92. The van der Waals surface area contributed by atoms with E-state index < -0.39 is 0 Å². The van der Waals surface area contributed by atoms with Crippen molar-refractivity contribution in [2.75, 3.05) is 6.54 Å². The maximum atomic E-state index is 12.2. The number of hydrogen-bond donors (Lipinski definition) is 4. The Morgan fingerprint density at radius 1 is 1.12 bits per heavy atom. The highest BCUT2D eigenvalue weighted by Crippen LogP contribution is 2.45. The molecule has 0 radical (unpaired) electrons. The first-order valence-corrected chi connectivity index (χ1v) is 11.7. The molecule has 1 aliphatic carbocycles. The van der Waals surface area contributed by atoms with Crippen molar-refractivity contribution in [3.05, 3.63) is 93.0 Å². The van der Waals surface area contributed by atoms with Crippen LogP contribution in [-0.2, 0) is 19.4 Å². The maximum Gasteiger partial charge on any atom is 0.273 e. The second-order valence-corrected chi connectivity index (χ2v) is 8.85. The Bertz CT molecular complexity index is 1270. The van der Waals surface area contributed by atoms with Gasteiger partial charge in [-0.25, -0.2) is 0 Å². The highest BCUT2D eigenvalue weighted by molar-refractivity contribution is 5.60. The number of aryl methyl sites for hydroxylation is 1. The molecule has 0 bridgehead atoms. The molecule has 4 aromatic rings. The molecule has 0 amide bonds. The zero-order valence-electron chi connectivity index (χ0n) is 18.9. The molecule has 4 N–H and O–H groups in total. The van der Waals surface area contributed by atoms with Crippen molar-refractivity contribution in [2.24, 2.45) is 0 Å².